The highest BCUT2D eigenvalue weighted by Gasteiger charge is 2.44. The fraction of sp³-hybridized carbons (Fsp3) is 0.500. The Morgan fingerprint density at radius 2 is 1.45 bits per heavy atom. The fourth-order valence-electron chi connectivity index (χ4n) is 3.57. The number of carbonyl (C=O) groups excluding carboxylic acids is 2. The lowest BCUT2D eigenvalue weighted by molar-refractivity contribution is -0.134. The zero-order valence-corrected chi connectivity index (χ0v) is 11.6. The van der Waals surface area contributed by atoms with Gasteiger partial charge in [-0.25, -0.2) is 0 Å². The molecule has 1 saturated heterocycles. The van der Waals surface area contributed by atoms with Gasteiger partial charge in [0.2, 0.25) is 11.8 Å². The standard InChI is InChI=1S/C16H20N2O2/c17-12-4-6-13(7-5-12)18-14(19)10-16(11-15(18)20)8-2-1-3-9-16/h4-7H,1-3,8-11,17H2. The normalized spacial score (nSPS) is 22.3. The van der Waals surface area contributed by atoms with Gasteiger partial charge < -0.3 is 5.73 Å². The summed E-state index contributed by atoms with van der Waals surface area (Å²) in [6.07, 6.45) is 6.54. The third-order valence-electron chi connectivity index (χ3n) is 4.62. The minimum absolute atomic E-state index is 0.0588. The molecule has 0 bridgehead atoms. The Balaban J connectivity index is 1.83. The van der Waals surface area contributed by atoms with Crippen LogP contribution in [0.1, 0.15) is 44.9 Å². The molecule has 20 heavy (non-hydrogen) atoms. The number of nitrogens with two attached hydrogens (primary N) is 1. The number of nitrogen functional groups attached to an aromatic ring is 1. The molecule has 0 atom stereocenters. The number of hydrogen-bond donors (Lipinski definition) is 1. The van der Waals surface area contributed by atoms with Gasteiger partial charge in [0.1, 0.15) is 0 Å². The first-order chi connectivity index (χ1) is 9.60. The predicted molar refractivity (Wildman–Crippen MR) is 78.1 cm³/mol. The van der Waals surface area contributed by atoms with E-state index in [4.69, 9.17) is 5.73 Å². The van der Waals surface area contributed by atoms with Crippen molar-refractivity contribution in [2.45, 2.75) is 44.9 Å². The molecule has 2 N–H and O–H groups in total. The van der Waals surface area contributed by atoms with Crippen molar-refractivity contribution in [2.24, 2.45) is 5.41 Å². The molecule has 0 unspecified atom stereocenters. The second-order valence-corrected chi connectivity index (χ2v) is 6.13. The van der Waals surface area contributed by atoms with E-state index in [1.807, 2.05) is 0 Å². The van der Waals surface area contributed by atoms with Crippen molar-refractivity contribution in [1.82, 2.24) is 0 Å². The second-order valence-electron chi connectivity index (χ2n) is 6.13. The monoisotopic (exact) mass is 272 g/mol. The van der Waals surface area contributed by atoms with E-state index in [1.54, 1.807) is 24.3 Å². The number of rotatable bonds is 1. The van der Waals surface area contributed by atoms with Gasteiger partial charge in [-0.2, -0.15) is 0 Å². The van der Waals surface area contributed by atoms with Crippen LogP contribution in [0.4, 0.5) is 11.4 Å². The Labute approximate surface area is 118 Å². The number of amides is 2. The fourth-order valence-corrected chi connectivity index (χ4v) is 3.57. The zero-order chi connectivity index (χ0) is 14.2. The van der Waals surface area contributed by atoms with Gasteiger partial charge in [-0.05, 0) is 42.5 Å². The molecular formula is C16H20N2O2. The van der Waals surface area contributed by atoms with E-state index >= 15 is 0 Å². The van der Waals surface area contributed by atoms with Gasteiger partial charge in [-0.15, -0.1) is 0 Å². The number of anilines is 2. The number of benzene rings is 1. The Hall–Kier alpha value is -1.84. The smallest absolute Gasteiger partial charge is 0.234 e. The second kappa shape index (κ2) is 4.93. The maximum Gasteiger partial charge on any atom is 0.234 e. The van der Waals surface area contributed by atoms with Gasteiger partial charge in [0.05, 0.1) is 5.69 Å². The average Bonchev–Trinajstić information content (AvgIpc) is 2.41. The Morgan fingerprint density at radius 3 is 2.00 bits per heavy atom. The van der Waals surface area contributed by atoms with E-state index in [-0.39, 0.29) is 17.2 Å². The summed E-state index contributed by atoms with van der Waals surface area (Å²) in [6.45, 7) is 0. The van der Waals surface area contributed by atoms with Crippen LogP contribution in [-0.4, -0.2) is 11.8 Å². The number of imide groups is 1. The van der Waals surface area contributed by atoms with E-state index in [0.29, 0.717) is 24.2 Å². The lowest BCUT2D eigenvalue weighted by Crippen LogP contribution is -2.48. The highest BCUT2D eigenvalue weighted by atomic mass is 16.2. The van der Waals surface area contributed by atoms with Crippen LogP contribution in [0.5, 0.6) is 0 Å². The third kappa shape index (κ3) is 2.30. The molecule has 1 spiro atoms. The Kier molecular flexibility index (Phi) is 3.24. The van der Waals surface area contributed by atoms with Gasteiger partial charge in [0, 0.05) is 18.5 Å². The highest BCUT2D eigenvalue weighted by Crippen LogP contribution is 2.46. The Bertz CT molecular complexity index is 510. The number of carbonyl (C=O) groups is 2. The topological polar surface area (TPSA) is 63.4 Å². The van der Waals surface area contributed by atoms with Crippen molar-refractivity contribution in [2.75, 3.05) is 10.6 Å². The molecule has 3 rings (SSSR count). The lowest BCUT2D eigenvalue weighted by Gasteiger charge is -2.42. The summed E-state index contributed by atoms with van der Waals surface area (Å²) in [7, 11) is 0. The largest absolute Gasteiger partial charge is 0.399 e. The SMILES string of the molecule is Nc1ccc(N2C(=O)CC3(CCCCC3)CC2=O)cc1. The van der Waals surface area contributed by atoms with Crippen LogP contribution < -0.4 is 10.6 Å². The van der Waals surface area contributed by atoms with Gasteiger partial charge in [-0.3, -0.25) is 14.5 Å². The van der Waals surface area contributed by atoms with E-state index < -0.39 is 0 Å². The first-order valence-electron chi connectivity index (χ1n) is 7.31. The summed E-state index contributed by atoms with van der Waals surface area (Å²) < 4.78 is 0. The molecule has 0 aromatic heterocycles. The van der Waals surface area contributed by atoms with Crippen molar-refractivity contribution in [1.29, 1.82) is 0 Å². The molecule has 1 aliphatic heterocycles. The molecule has 1 heterocycles. The minimum Gasteiger partial charge on any atom is -0.399 e. The zero-order valence-electron chi connectivity index (χ0n) is 11.6. The molecule has 1 saturated carbocycles. The summed E-state index contributed by atoms with van der Waals surface area (Å²) in [4.78, 5) is 26.2. The molecule has 2 aliphatic rings. The molecule has 4 nitrogen and oxygen atoms in total. The lowest BCUT2D eigenvalue weighted by atomic mass is 9.67. The molecule has 1 aliphatic carbocycles. The highest BCUT2D eigenvalue weighted by molar-refractivity contribution is 6.17. The summed E-state index contributed by atoms with van der Waals surface area (Å²) in [5, 5.41) is 0. The van der Waals surface area contributed by atoms with Crippen LogP contribution in [-0.2, 0) is 9.59 Å². The van der Waals surface area contributed by atoms with Crippen LogP contribution in [0.25, 0.3) is 0 Å². The Morgan fingerprint density at radius 1 is 0.900 bits per heavy atom. The molecule has 0 radical (unpaired) electrons. The molecule has 2 fully saturated rings. The first-order valence-corrected chi connectivity index (χ1v) is 7.31. The van der Waals surface area contributed by atoms with Crippen molar-refractivity contribution >= 4 is 23.2 Å². The molecule has 1 aromatic rings. The van der Waals surface area contributed by atoms with Crippen molar-refractivity contribution in [3.8, 4) is 0 Å². The number of hydrogen-bond acceptors (Lipinski definition) is 3. The maximum absolute atomic E-state index is 12.4. The van der Waals surface area contributed by atoms with Crippen LogP contribution >= 0.6 is 0 Å². The number of nitrogens with zero attached hydrogens (tertiary/aromatic N) is 1. The summed E-state index contributed by atoms with van der Waals surface area (Å²) in [5.41, 5.74) is 6.86. The van der Waals surface area contributed by atoms with Gasteiger partial charge in [0.25, 0.3) is 0 Å². The van der Waals surface area contributed by atoms with Gasteiger partial charge in [0.15, 0.2) is 0 Å². The summed E-state index contributed by atoms with van der Waals surface area (Å²) in [6, 6.07) is 6.93. The molecule has 2 amide bonds. The van der Waals surface area contributed by atoms with E-state index in [2.05, 4.69) is 0 Å². The van der Waals surface area contributed by atoms with E-state index in [9.17, 15) is 9.59 Å². The summed E-state index contributed by atoms with van der Waals surface area (Å²) >= 11 is 0. The number of piperidine rings is 1. The van der Waals surface area contributed by atoms with Gasteiger partial charge >= 0.3 is 0 Å². The molecular weight excluding hydrogens is 252 g/mol. The van der Waals surface area contributed by atoms with E-state index in [1.165, 1.54) is 11.3 Å². The van der Waals surface area contributed by atoms with Crippen LogP contribution in [0.2, 0.25) is 0 Å². The average molecular weight is 272 g/mol. The van der Waals surface area contributed by atoms with Crippen molar-refractivity contribution in [3.63, 3.8) is 0 Å². The molecule has 1 aromatic carbocycles. The third-order valence-corrected chi connectivity index (χ3v) is 4.62. The van der Waals surface area contributed by atoms with Crippen LogP contribution in [0.15, 0.2) is 24.3 Å². The maximum atomic E-state index is 12.4. The van der Waals surface area contributed by atoms with E-state index in [0.717, 1.165) is 25.7 Å². The molecule has 4 heteroatoms. The predicted octanol–water partition coefficient (Wildman–Crippen LogP) is 2.87. The quantitative estimate of drug-likeness (QED) is 0.631. The minimum atomic E-state index is -0.0621. The van der Waals surface area contributed by atoms with Gasteiger partial charge in [-0.1, -0.05) is 19.3 Å². The van der Waals surface area contributed by atoms with Crippen LogP contribution in [0.3, 0.4) is 0 Å². The summed E-state index contributed by atoms with van der Waals surface area (Å²) in [5.74, 6) is -0.124. The molecule has 106 valence electrons. The first kappa shape index (κ1) is 13.2. The van der Waals surface area contributed by atoms with Crippen LogP contribution in [0, 0.1) is 5.41 Å². The van der Waals surface area contributed by atoms with Crippen molar-refractivity contribution < 1.29 is 9.59 Å². The van der Waals surface area contributed by atoms with Crippen molar-refractivity contribution in [3.05, 3.63) is 24.3 Å².